The average Bonchev–Trinajstić information content (AvgIpc) is 2.51. The van der Waals surface area contributed by atoms with E-state index in [-0.39, 0.29) is 5.84 Å². The average molecular weight is 165 g/mol. The van der Waals surface area contributed by atoms with Gasteiger partial charge in [-0.1, -0.05) is 0 Å². The molecule has 0 saturated heterocycles. The Balaban J connectivity index is 2.91. The smallest absolute Gasteiger partial charge is 0.149 e. The van der Waals surface area contributed by atoms with Crippen molar-refractivity contribution in [3.8, 4) is 0 Å². The molecule has 0 unspecified atom stereocenters. The first-order valence-corrected chi connectivity index (χ1v) is 3.51. The van der Waals surface area contributed by atoms with Crippen molar-refractivity contribution in [2.75, 3.05) is 7.05 Å². The number of amidine groups is 1. The van der Waals surface area contributed by atoms with Gasteiger partial charge < -0.3 is 15.5 Å². The number of hydrogen-bond donors (Lipinski definition) is 3. The van der Waals surface area contributed by atoms with Crippen molar-refractivity contribution in [1.82, 2.24) is 5.32 Å². The first-order chi connectivity index (χ1) is 5.74. The molecule has 0 aliphatic rings. The van der Waals surface area contributed by atoms with Gasteiger partial charge in [0.1, 0.15) is 11.6 Å². The third kappa shape index (κ3) is 1.88. The lowest BCUT2D eigenvalue weighted by molar-refractivity contribution is 0.549. The predicted octanol–water partition coefficient (Wildman–Crippen LogP) is 0.776. The van der Waals surface area contributed by atoms with Crippen LogP contribution in [0.4, 0.5) is 0 Å². The van der Waals surface area contributed by atoms with Gasteiger partial charge in [0, 0.05) is 13.1 Å². The zero-order chi connectivity index (χ0) is 8.97. The summed E-state index contributed by atoms with van der Waals surface area (Å²) in [5.41, 5.74) is 5.90. The molecule has 4 heteroatoms. The molecule has 0 aliphatic carbocycles. The Bertz CT molecular complexity index is 287. The summed E-state index contributed by atoms with van der Waals surface area (Å²) in [5.74, 6) is 0.670. The minimum absolute atomic E-state index is 0.00394. The number of rotatable bonds is 3. The molecule has 1 aromatic rings. The lowest BCUT2D eigenvalue weighted by Crippen LogP contribution is -2.11. The molecule has 0 amide bonds. The maximum atomic E-state index is 7.05. The van der Waals surface area contributed by atoms with Crippen LogP contribution in [-0.4, -0.2) is 12.9 Å². The summed E-state index contributed by atoms with van der Waals surface area (Å²) in [6.45, 7) is 0. The fourth-order valence-corrected chi connectivity index (χ4v) is 0.854. The molecule has 4 N–H and O–H groups in total. The Morgan fingerprint density at radius 3 is 2.92 bits per heavy atom. The van der Waals surface area contributed by atoms with E-state index in [9.17, 15) is 0 Å². The van der Waals surface area contributed by atoms with Gasteiger partial charge in [0.25, 0.3) is 0 Å². The molecule has 0 atom stereocenters. The summed E-state index contributed by atoms with van der Waals surface area (Å²) in [4.78, 5) is 0. The highest BCUT2D eigenvalue weighted by Crippen LogP contribution is 2.10. The third-order valence-electron chi connectivity index (χ3n) is 1.36. The van der Waals surface area contributed by atoms with E-state index in [0.29, 0.717) is 11.5 Å². The number of hydrogen-bond acceptors (Lipinski definition) is 3. The standard InChI is InChI=1S/C8H11N3O/c1-11-6(5-8(9)10)7-3-2-4-12-7/h2-5,11H,1H3,(H3,9,10)/b6-5-. The van der Waals surface area contributed by atoms with E-state index < -0.39 is 0 Å². The number of furan rings is 1. The molecule has 0 saturated carbocycles. The van der Waals surface area contributed by atoms with E-state index in [4.69, 9.17) is 15.6 Å². The van der Waals surface area contributed by atoms with Crippen LogP contribution >= 0.6 is 0 Å². The molecular formula is C8H11N3O. The molecule has 1 aromatic heterocycles. The Kier molecular flexibility index (Phi) is 2.53. The number of nitrogens with one attached hydrogen (secondary N) is 2. The van der Waals surface area contributed by atoms with E-state index >= 15 is 0 Å². The lowest BCUT2D eigenvalue weighted by atomic mass is 10.3. The topological polar surface area (TPSA) is 75.0 Å². The largest absolute Gasteiger partial charge is 0.463 e. The minimum atomic E-state index is -0.00394. The maximum absolute atomic E-state index is 7.05. The predicted molar refractivity (Wildman–Crippen MR) is 47.7 cm³/mol. The normalized spacial score (nSPS) is 11.2. The van der Waals surface area contributed by atoms with Crippen molar-refractivity contribution >= 4 is 11.5 Å². The second-order valence-electron chi connectivity index (χ2n) is 2.24. The summed E-state index contributed by atoms with van der Waals surface area (Å²) in [5, 5.41) is 9.93. The Hall–Kier alpha value is -1.71. The van der Waals surface area contributed by atoms with Crippen LogP contribution in [0.15, 0.2) is 28.9 Å². The van der Waals surface area contributed by atoms with E-state index in [1.54, 1.807) is 25.4 Å². The highest BCUT2D eigenvalue weighted by atomic mass is 16.3. The second-order valence-corrected chi connectivity index (χ2v) is 2.24. The van der Waals surface area contributed by atoms with Gasteiger partial charge in [-0.15, -0.1) is 0 Å². The van der Waals surface area contributed by atoms with E-state index in [1.165, 1.54) is 6.08 Å². The van der Waals surface area contributed by atoms with Gasteiger partial charge >= 0.3 is 0 Å². The molecular weight excluding hydrogens is 154 g/mol. The van der Waals surface area contributed by atoms with Gasteiger partial charge in [0.05, 0.1) is 12.0 Å². The molecule has 12 heavy (non-hydrogen) atoms. The van der Waals surface area contributed by atoms with Crippen molar-refractivity contribution in [3.63, 3.8) is 0 Å². The van der Waals surface area contributed by atoms with Gasteiger partial charge in [-0.25, -0.2) is 0 Å². The SMILES string of the molecule is CN/C(=C\C(=N)N)c1ccco1. The number of nitrogens with two attached hydrogens (primary N) is 1. The summed E-state index contributed by atoms with van der Waals surface area (Å²) < 4.78 is 5.10. The Labute approximate surface area is 70.6 Å². The Morgan fingerprint density at radius 1 is 1.75 bits per heavy atom. The van der Waals surface area contributed by atoms with Crippen molar-refractivity contribution < 1.29 is 4.42 Å². The first-order valence-electron chi connectivity index (χ1n) is 3.51. The van der Waals surface area contributed by atoms with Crippen LogP contribution in [0.25, 0.3) is 5.70 Å². The maximum Gasteiger partial charge on any atom is 0.149 e. The van der Waals surface area contributed by atoms with Gasteiger partial charge in [-0.3, -0.25) is 5.41 Å². The highest BCUT2D eigenvalue weighted by Gasteiger charge is 2.01. The monoisotopic (exact) mass is 165 g/mol. The summed E-state index contributed by atoms with van der Waals surface area (Å²) >= 11 is 0. The molecule has 0 bridgehead atoms. The molecule has 64 valence electrons. The van der Waals surface area contributed by atoms with Gasteiger partial charge in [-0.05, 0) is 12.1 Å². The molecule has 1 rings (SSSR count). The molecule has 0 aliphatic heterocycles. The van der Waals surface area contributed by atoms with Gasteiger partial charge in [0.15, 0.2) is 0 Å². The summed E-state index contributed by atoms with van der Waals surface area (Å²) in [6, 6.07) is 3.58. The van der Waals surface area contributed by atoms with Crippen molar-refractivity contribution in [3.05, 3.63) is 30.2 Å². The lowest BCUT2D eigenvalue weighted by Gasteiger charge is -2.01. The van der Waals surface area contributed by atoms with Crippen molar-refractivity contribution in [1.29, 1.82) is 5.41 Å². The van der Waals surface area contributed by atoms with Crippen LogP contribution < -0.4 is 11.1 Å². The third-order valence-corrected chi connectivity index (χ3v) is 1.36. The van der Waals surface area contributed by atoms with Crippen LogP contribution in [0, 0.1) is 5.41 Å². The molecule has 0 aromatic carbocycles. The molecule has 4 nitrogen and oxygen atoms in total. The van der Waals surface area contributed by atoms with Crippen LogP contribution in [0.3, 0.4) is 0 Å². The first kappa shape index (κ1) is 8.39. The molecule has 0 fully saturated rings. The molecule has 0 radical (unpaired) electrons. The highest BCUT2D eigenvalue weighted by molar-refractivity contribution is 5.95. The molecule has 1 heterocycles. The van der Waals surface area contributed by atoms with E-state index in [2.05, 4.69) is 5.32 Å². The second kappa shape index (κ2) is 3.61. The van der Waals surface area contributed by atoms with E-state index in [1.807, 2.05) is 0 Å². The molecule has 0 spiro atoms. The summed E-state index contributed by atoms with van der Waals surface area (Å²) in [6.07, 6.45) is 3.07. The zero-order valence-corrected chi connectivity index (χ0v) is 6.79. The zero-order valence-electron chi connectivity index (χ0n) is 6.79. The van der Waals surface area contributed by atoms with Crippen molar-refractivity contribution in [2.24, 2.45) is 5.73 Å². The summed E-state index contributed by atoms with van der Waals surface area (Å²) in [7, 11) is 1.75. The quantitative estimate of drug-likeness (QED) is 0.457. The van der Waals surface area contributed by atoms with Crippen LogP contribution in [0.2, 0.25) is 0 Å². The van der Waals surface area contributed by atoms with Gasteiger partial charge in [-0.2, -0.15) is 0 Å². The van der Waals surface area contributed by atoms with Gasteiger partial charge in [0.2, 0.25) is 0 Å². The van der Waals surface area contributed by atoms with Crippen LogP contribution in [0.5, 0.6) is 0 Å². The van der Waals surface area contributed by atoms with Crippen molar-refractivity contribution in [2.45, 2.75) is 0 Å². The fraction of sp³-hybridized carbons (Fsp3) is 0.125. The van der Waals surface area contributed by atoms with E-state index in [0.717, 1.165) is 0 Å². The van der Waals surface area contributed by atoms with Crippen LogP contribution in [-0.2, 0) is 0 Å². The minimum Gasteiger partial charge on any atom is -0.463 e. The fourth-order valence-electron chi connectivity index (χ4n) is 0.854. The van der Waals surface area contributed by atoms with Crippen LogP contribution in [0.1, 0.15) is 5.76 Å². The Morgan fingerprint density at radius 2 is 2.50 bits per heavy atom.